The number of aromatic nitrogens is 4. The smallest absolute Gasteiger partial charge is 0.103 e. The zero-order valence-electron chi connectivity index (χ0n) is 16.9. The molecule has 1 N–H and O–H groups in total. The van der Waals surface area contributed by atoms with E-state index in [4.69, 9.17) is 0 Å². The van der Waals surface area contributed by atoms with Gasteiger partial charge in [-0.15, -0.1) is 0 Å². The molecule has 0 amide bonds. The minimum Gasteiger partial charge on any atom is -0.315 e. The van der Waals surface area contributed by atoms with E-state index in [1.54, 1.807) is 16.8 Å². The van der Waals surface area contributed by atoms with Gasteiger partial charge < -0.3 is 5.32 Å². The number of pyridine rings is 1. The lowest BCUT2D eigenvalue weighted by molar-refractivity contribution is 0.480. The summed E-state index contributed by atoms with van der Waals surface area (Å²) in [5.74, 6) is 0. The molecule has 1 aliphatic rings. The number of rotatable bonds is 4. The maximum Gasteiger partial charge on any atom is 0.103 e. The van der Waals surface area contributed by atoms with Crippen molar-refractivity contribution >= 4 is 17.3 Å². The Kier molecular flexibility index (Phi) is 4.95. The van der Waals surface area contributed by atoms with Crippen LogP contribution in [0.2, 0.25) is 0 Å². The molecule has 0 aliphatic carbocycles. The van der Waals surface area contributed by atoms with E-state index >= 15 is 0 Å². The van der Waals surface area contributed by atoms with E-state index in [1.165, 1.54) is 11.8 Å². The molecule has 0 radical (unpaired) electrons. The van der Waals surface area contributed by atoms with E-state index < -0.39 is 0 Å². The lowest BCUT2D eigenvalue weighted by atomic mass is 10.1. The van der Waals surface area contributed by atoms with Gasteiger partial charge in [0.1, 0.15) is 12.1 Å². The number of hydrogen-bond acceptors (Lipinski definition) is 6. The second kappa shape index (κ2) is 7.92. The van der Waals surface area contributed by atoms with Crippen molar-refractivity contribution in [2.45, 2.75) is 29.2 Å². The first-order chi connectivity index (χ1) is 15.2. The standard InChI is InChI=1S/C23H19N7S/c1-15-20(13-28-30(15)19-6-7-26-12-19)17-8-22(23-18(10-25)11-27-29(23)14-17)31-21-5-3-2-4-16(21)9-24/h2-5,8,11,13-14,19,26H,6-7,12H2,1H3/t19-/m0/s1. The molecular formula is C23H19N7S. The number of nitriles is 2. The first kappa shape index (κ1) is 19.4. The summed E-state index contributed by atoms with van der Waals surface area (Å²) in [4.78, 5) is 1.72. The molecule has 3 aromatic heterocycles. The van der Waals surface area contributed by atoms with Crippen molar-refractivity contribution in [1.82, 2.24) is 24.7 Å². The first-order valence-electron chi connectivity index (χ1n) is 10.0. The molecule has 4 heterocycles. The van der Waals surface area contributed by atoms with E-state index in [0.29, 0.717) is 17.2 Å². The number of benzene rings is 1. The monoisotopic (exact) mass is 425 g/mol. The van der Waals surface area contributed by atoms with Gasteiger partial charge in [0, 0.05) is 39.4 Å². The highest BCUT2D eigenvalue weighted by Gasteiger charge is 2.22. The normalized spacial score (nSPS) is 15.8. The Balaban J connectivity index is 1.65. The molecule has 1 aromatic carbocycles. The second-order valence-electron chi connectivity index (χ2n) is 7.50. The summed E-state index contributed by atoms with van der Waals surface area (Å²) in [6.07, 6.45) is 6.50. The van der Waals surface area contributed by atoms with E-state index in [9.17, 15) is 10.5 Å². The molecule has 7 nitrogen and oxygen atoms in total. The van der Waals surface area contributed by atoms with Crippen LogP contribution < -0.4 is 5.32 Å². The third-order valence-corrected chi connectivity index (χ3v) is 6.77. The molecule has 4 aromatic rings. The van der Waals surface area contributed by atoms with Crippen molar-refractivity contribution in [1.29, 1.82) is 10.5 Å². The third kappa shape index (κ3) is 3.36. The largest absolute Gasteiger partial charge is 0.315 e. The van der Waals surface area contributed by atoms with Crippen LogP contribution in [-0.2, 0) is 0 Å². The van der Waals surface area contributed by atoms with Gasteiger partial charge in [-0.25, -0.2) is 4.52 Å². The van der Waals surface area contributed by atoms with Gasteiger partial charge in [0.05, 0.1) is 35.1 Å². The van der Waals surface area contributed by atoms with E-state index in [2.05, 4.69) is 45.3 Å². The van der Waals surface area contributed by atoms with Crippen LogP contribution in [0, 0.1) is 29.6 Å². The average molecular weight is 426 g/mol. The molecule has 5 rings (SSSR count). The van der Waals surface area contributed by atoms with Crippen molar-refractivity contribution in [2.24, 2.45) is 0 Å². The van der Waals surface area contributed by atoms with Gasteiger partial charge in [0.15, 0.2) is 0 Å². The summed E-state index contributed by atoms with van der Waals surface area (Å²) in [5.41, 5.74) is 4.98. The fourth-order valence-electron chi connectivity index (χ4n) is 4.08. The number of hydrogen-bond donors (Lipinski definition) is 1. The summed E-state index contributed by atoms with van der Waals surface area (Å²) in [6.45, 7) is 4.03. The second-order valence-corrected chi connectivity index (χ2v) is 8.58. The SMILES string of the molecule is Cc1c(-c2cc(Sc3ccccc3C#N)c3c(C#N)cnn3c2)cnn1[C@H]1CCNC1. The van der Waals surface area contributed by atoms with Crippen LogP contribution in [0.4, 0.5) is 0 Å². The number of nitrogens with one attached hydrogen (secondary N) is 1. The van der Waals surface area contributed by atoms with Crippen LogP contribution in [-0.4, -0.2) is 32.5 Å². The fourth-order valence-corrected chi connectivity index (χ4v) is 5.17. The first-order valence-corrected chi connectivity index (χ1v) is 10.8. The van der Waals surface area contributed by atoms with Crippen molar-refractivity contribution in [3.8, 4) is 23.3 Å². The predicted molar refractivity (Wildman–Crippen MR) is 118 cm³/mol. The van der Waals surface area contributed by atoms with Crippen LogP contribution in [0.25, 0.3) is 16.6 Å². The topological polar surface area (TPSA) is 94.7 Å². The van der Waals surface area contributed by atoms with Crippen molar-refractivity contribution in [3.63, 3.8) is 0 Å². The van der Waals surface area contributed by atoms with Crippen LogP contribution in [0.3, 0.4) is 0 Å². The summed E-state index contributed by atoms with van der Waals surface area (Å²) < 4.78 is 3.85. The Labute approximate surface area is 183 Å². The van der Waals surface area contributed by atoms with E-state index in [1.807, 2.05) is 30.6 Å². The molecule has 1 saturated heterocycles. The van der Waals surface area contributed by atoms with Crippen molar-refractivity contribution < 1.29 is 0 Å². The molecule has 0 bridgehead atoms. The molecule has 152 valence electrons. The van der Waals surface area contributed by atoms with Gasteiger partial charge in [-0.3, -0.25) is 4.68 Å². The zero-order chi connectivity index (χ0) is 21.4. The Morgan fingerprint density at radius 2 is 1.94 bits per heavy atom. The molecule has 1 aliphatic heterocycles. The third-order valence-electron chi connectivity index (χ3n) is 5.66. The fraction of sp³-hybridized carbons (Fsp3) is 0.217. The summed E-state index contributed by atoms with van der Waals surface area (Å²) in [5, 5.41) is 31.6. The highest BCUT2D eigenvalue weighted by molar-refractivity contribution is 7.99. The Morgan fingerprint density at radius 3 is 2.71 bits per heavy atom. The molecule has 1 fully saturated rings. The summed E-state index contributed by atoms with van der Waals surface area (Å²) in [6, 6.07) is 14.4. The molecule has 0 unspecified atom stereocenters. The minimum absolute atomic E-state index is 0.365. The molecule has 1 atom stereocenters. The van der Waals surface area contributed by atoms with Gasteiger partial charge in [-0.1, -0.05) is 23.9 Å². The zero-order valence-corrected chi connectivity index (χ0v) is 17.7. The maximum absolute atomic E-state index is 9.59. The maximum atomic E-state index is 9.59. The van der Waals surface area contributed by atoms with Crippen molar-refractivity contribution in [3.05, 3.63) is 65.7 Å². The van der Waals surface area contributed by atoms with Gasteiger partial charge in [0.25, 0.3) is 0 Å². The highest BCUT2D eigenvalue weighted by Crippen LogP contribution is 2.37. The van der Waals surface area contributed by atoms with Gasteiger partial charge in [0.2, 0.25) is 0 Å². The minimum atomic E-state index is 0.365. The lowest BCUT2D eigenvalue weighted by Gasteiger charge is -2.13. The predicted octanol–water partition coefficient (Wildman–Crippen LogP) is 3.94. The van der Waals surface area contributed by atoms with Crippen molar-refractivity contribution in [2.75, 3.05) is 13.1 Å². The van der Waals surface area contributed by atoms with Gasteiger partial charge in [-0.2, -0.15) is 20.7 Å². The van der Waals surface area contributed by atoms with Crippen LogP contribution in [0.15, 0.2) is 58.7 Å². The Hall–Kier alpha value is -3.59. The Morgan fingerprint density at radius 1 is 1.10 bits per heavy atom. The molecule has 8 heteroatoms. The van der Waals surface area contributed by atoms with Gasteiger partial charge in [-0.05, 0) is 38.1 Å². The Bertz CT molecular complexity index is 1360. The molecule has 0 saturated carbocycles. The van der Waals surface area contributed by atoms with Gasteiger partial charge >= 0.3 is 0 Å². The summed E-state index contributed by atoms with van der Waals surface area (Å²) in [7, 11) is 0. The van der Waals surface area contributed by atoms with Crippen LogP contribution >= 0.6 is 11.8 Å². The number of nitrogens with zero attached hydrogens (tertiary/aromatic N) is 6. The number of fused-ring (bicyclic) bond motifs is 1. The highest BCUT2D eigenvalue weighted by atomic mass is 32.2. The lowest BCUT2D eigenvalue weighted by Crippen LogP contribution is -2.15. The summed E-state index contributed by atoms with van der Waals surface area (Å²) >= 11 is 1.48. The van der Waals surface area contributed by atoms with E-state index in [0.717, 1.165) is 51.6 Å². The molecule has 31 heavy (non-hydrogen) atoms. The quantitative estimate of drug-likeness (QED) is 0.532. The molecular weight excluding hydrogens is 406 g/mol. The molecule has 0 spiro atoms. The average Bonchev–Trinajstić information content (AvgIpc) is 3.53. The van der Waals surface area contributed by atoms with E-state index in [-0.39, 0.29) is 0 Å². The van der Waals surface area contributed by atoms with Crippen LogP contribution in [0.5, 0.6) is 0 Å². The van der Waals surface area contributed by atoms with Crippen LogP contribution in [0.1, 0.15) is 29.3 Å².